The van der Waals surface area contributed by atoms with Crippen molar-refractivity contribution in [3.63, 3.8) is 0 Å². The molecule has 2 nitrogen and oxygen atoms in total. The van der Waals surface area contributed by atoms with E-state index in [1.807, 2.05) is 13.0 Å². The Hall–Kier alpha value is -0.630. The van der Waals surface area contributed by atoms with Gasteiger partial charge < -0.3 is 4.74 Å². The van der Waals surface area contributed by atoms with E-state index in [1.54, 1.807) is 6.92 Å². The third-order valence-corrected chi connectivity index (χ3v) is 2.59. The number of Topliss-reactive ketones (excluding diaryl/α,β-unsaturated/α-hetero) is 1. The highest BCUT2D eigenvalue weighted by Crippen LogP contribution is 2.41. The quantitative estimate of drug-likeness (QED) is 0.529. The average molecular weight is 152 g/mol. The average Bonchev–Trinajstić information content (AvgIpc) is 2.41. The predicted molar refractivity (Wildman–Crippen MR) is 41.2 cm³/mol. The lowest BCUT2D eigenvalue weighted by molar-refractivity contribution is -0.121. The molecule has 2 heteroatoms. The summed E-state index contributed by atoms with van der Waals surface area (Å²) >= 11 is 0. The molecule has 2 aliphatic rings. The zero-order valence-electron chi connectivity index (χ0n) is 6.83. The third-order valence-electron chi connectivity index (χ3n) is 2.59. The fraction of sp³-hybridized carbons (Fsp3) is 0.667. The SMILES string of the molecule is CC(=O)[C@@H]1C[C@@]2(C)C=C[C@@H]1O2. The van der Waals surface area contributed by atoms with Crippen molar-refractivity contribution in [1.29, 1.82) is 0 Å². The normalized spacial score (nSPS) is 46.7. The highest BCUT2D eigenvalue weighted by Gasteiger charge is 2.46. The minimum Gasteiger partial charge on any atom is -0.363 e. The number of ether oxygens (including phenoxy) is 1. The van der Waals surface area contributed by atoms with Crippen LogP contribution in [0.25, 0.3) is 0 Å². The van der Waals surface area contributed by atoms with E-state index in [2.05, 4.69) is 6.08 Å². The summed E-state index contributed by atoms with van der Waals surface area (Å²) in [4.78, 5) is 11.1. The second kappa shape index (κ2) is 1.95. The van der Waals surface area contributed by atoms with E-state index in [-0.39, 0.29) is 23.4 Å². The highest BCUT2D eigenvalue weighted by molar-refractivity contribution is 5.80. The molecule has 3 atom stereocenters. The van der Waals surface area contributed by atoms with Gasteiger partial charge in [-0.25, -0.2) is 0 Å². The monoisotopic (exact) mass is 152 g/mol. The van der Waals surface area contributed by atoms with Crippen molar-refractivity contribution < 1.29 is 9.53 Å². The van der Waals surface area contributed by atoms with Gasteiger partial charge >= 0.3 is 0 Å². The van der Waals surface area contributed by atoms with Gasteiger partial charge in [0.1, 0.15) is 5.78 Å². The molecule has 0 amide bonds. The van der Waals surface area contributed by atoms with Crippen LogP contribution in [0.3, 0.4) is 0 Å². The van der Waals surface area contributed by atoms with Crippen LogP contribution in [-0.2, 0) is 9.53 Å². The van der Waals surface area contributed by atoms with Crippen molar-refractivity contribution in [2.75, 3.05) is 0 Å². The Bertz CT molecular complexity index is 232. The molecule has 2 aliphatic heterocycles. The van der Waals surface area contributed by atoms with Crippen LogP contribution in [0.5, 0.6) is 0 Å². The maximum absolute atomic E-state index is 11.1. The Labute approximate surface area is 66.2 Å². The van der Waals surface area contributed by atoms with Crippen molar-refractivity contribution in [2.45, 2.75) is 32.0 Å². The molecule has 0 aromatic rings. The number of carbonyl (C=O) groups excluding carboxylic acids is 1. The molecule has 2 bridgehead atoms. The van der Waals surface area contributed by atoms with Gasteiger partial charge in [0, 0.05) is 0 Å². The summed E-state index contributed by atoms with van der Waals surface area (Å²) < 4.78 is 5.60. The molecule has 0 aromatic carbocycles. The second-order valence-electron chi connectivity index (χ2n) is 3.68. The van der Waals surface area contributed by atoms with Gasteiger partial charge in [-0.15, -0.1) is 0 Å². The molecule has 0 aromatic heterocycles. The lowest BCUT2D eigenvalue weighted by atomic mass is 9.85. The minimum atomic E-state index is -0.138. The minimum absolute atomic E-state index is 0.0671. The number of fused-ring (bicyclic) bond motifs is 2. The van der Waals surface area contributed by atoms with Crippen molar-refractivity contribution in [3.8, 4) is 0 Å². The first-order valence-corrected chi connectivity index (χ1v) is 3.98. The highest BCUT2D eigenvalue weighted by atomic mass is 16.5. The van der Waals surface area contributed by atoms with Gasteiger partial charge in [0.2, 0.25) is 0 Å². The lowest BCUT2D eigenvalue weighted by Crippen LogP contribution is -2.22. The Morgan fingerprint density at radius 2 is 2.45 bits per heavy atom. The molecule has 2 rings (SSSR count). The van der Waals surface area contributed by atoms with Crippen LogP contribution in [0.15, 0.2) is 12.2 Å². The number of carbonyl (C=O) groups is 1. The summed E-state index contributed by atoms with van der Waals surface area (Å²) in [5.41, 5.74) is -0.138. The largest absolute Gasteiger partial charge is 0.363 e. The Balaban J connectivity index is 2.23. The van der Waals surface area contributed by atoms with Crippen molar-refractivity contribution in [1.82, 2.24) is 0 Å². The van der Waals surface area contributed by atoms with Gasteiger partial charge in [0.15, 0.2) is 0 Å². The molecule has 2 heterocycles. The molecule has 60 valence electrons. The first kappa shape index (κ1) is 7.04. The number of rotatable bonds is 1. The van der Waals surface area contributed by atoms with Crippen LogP contribution in [-0.4, -0.2) is 17.5 Å². The maximum atomic E-state index is 11.1. The summed E-state index contributed by atoms with van der Waals surface area (Å²) in [6, 6.07) is 0. The Kier molecular flexibility index (Phi) is 1.25. The van der Waals surface area contributed by atoms with E-state index in [0.29, 0.717) is 0 Å². The van der Waals surface area contributed by atoms with Crippen LogP contribution in [0.4, 0.5) is 0 Å². The van der Waals surface area contributed by atoms with Crippen LogP contribution >= 0.6 is 0 Å². The Morgan fingerprint density at radius 1 is 1.73 bits per heavy atom. The van der Waals surface area contributed by atoms with Gasteiger partial charge in [0.05, 0.1) is 17.6 Å². The van der Waals surface area contributed by atoms with Gasteiger partial charge in [-0.1, -0.05) is 12.2 Å². The summed E-state index contributed by atoms with van der Waals surface area (Å²) in [5.74, 6) is 0.369. The van der Waals surface area contributed by atoms with E-state index in [1.165, 1.54) is 0 Å². The first-order valence-electron chi connectivity index (χ1n) is 3.98. The Morgan fingerprint density at radius 3 is 2.73 bits per heavy atom. The molecular formula is C9H12O2. The zero-order valence-corrected chi connectivity index (χ0v) is 6.83. The number of ketones is 1. The van der Waals surface area contributed by atoms with E-state index in [0.717, 1.165) is 6.42 Å². The standard InChI is InChI=1S/C9H12O2/c1-6(10)7-5-9(2)4-3-8(7)11-9/h3-4,7-8H,5H2,1-2H3/t7-,8-,9+/m0/s1. The number of hydrogen-bond acceptors (Lipinski definition) is 2. The molecule has 0 unspecified atom stereocenters. The van der Waals surface area contributed by atoms with Crippen LogP contribution in [0, 0.1) is 5.92 Å². The molecule has 1 fully saturated rings. The summed E-state index contributed by atoms with van der Waals surface area (Å²) in [6.07, 6.45) is 5.01. The second-order valence-corrected chi connectivity index (χ2v) is 3.68. The van der Waals surface area contributed by atoms with Gasteiger partial charge in [-0.2, -0.15) is 0 Å². The van der Waals surface area contributed by atoms with Crippen molar-refractivity contribution in [2.24, 2.45) is 5.92 Å². The van der Waals surface area contributed by atoms with Gasteiger partial charge in [-0.3, -0.25) is 4.79 Å². The van der Waals surface area contributed by atoms with E-state index >= 15 is 0 Å². The molecular weight excluding hydrogens is 140 g/mol. The topological polar surface area (TPSA) is 26.3 Å². The smallest absolute Gasteiger partial charge is 0.135 e. The fourth-order valence-electron chi connectivity index (χ4n) is 1.95. The summed E-state index contributed by atoms with van der Waals surface area (Å²) in [7, 11) is 0. The van der Waals surface area contributed by atoms with E-state index in [9.17, 15) is 4.79 Å². The molecule has 11 heavy (non-hydrogen) atoms. The predicted octanol–water partition coefficient (Wildman–Crippen LogP) is 1.31. The molecule has 0 aliphatic carbocycles. The summed E-state index contributed by atoms with van der Waals surface area (Å²) in [6.45, 7) is 3.68. The zero-order chi connectivity index (χ0) is 8.06. The van der Waals surface area contributed by atoms with Crippen LogP contribution in [0.2, 0.25) is 0 Å². The van der Waals surface area contributed by atoms with Crippen molar-refractivity contribution >= 4 is 5.78 Å². The van der Waals surface area contributed by atoms with Gasteiger partial charge in [-0.05, 0) is 20.3 Å². The van der Waals surface area contributed by atoms with Gasteiger partial charge in [0.25, 0.3) is 0 Å². The fourth-order valence-corrected chi connectivity index (χ4v) is 1.95. The first-order chi connectivity index (χ1) is 5.11. The molecule has 0 spiro atoms. The van der Waals surface area contributed by atoms with E-state index < -0.39 is 0 Å². The molecule has 0 N–H and O–H groups in total. The van der Waals surface area contributed by atoms with E-state index in [4.69, 9.17) is 4.74 Å². The van der Waals surface area contributed by atoms with Crippen LogP contribution in [0.1, 0.15) is 20.3 Å². The lowest BCUT2D eigenvalue weighted by Gasteiger charge is -2.15. The summed E-state index contributed by atoms with van der Waals surface area (Å²) in [5, 5.41) is 0. The molecule has 1 saturated heterocycles. The van der Waals surface area contributed by atoms with Crippen LogP contribution < -0.4 is 0 Å². The third kappa shape index (κ3) is 0.932. The number of hydrogen-bond donors (Lipinski definition) is 0. The molecule has 0 saturated carbocycles. The van der Waals surface area contributed by atoms with Crippen molar-refractivity contribution in [3.05, 3.63) is 12.2 Å². The molecule has 0 radical (unpaired) electrons. The maximum Gasteiger partial charge on any atom is 0.135 e.